The minimum absolute atomic E-state index is 0.516. The lowest BCUT2D eigenvalue weighted by molar-refractivity contribution is 0.350. The van der Waals surface area contributed by atoms with Gasteiger partial charge in [0, 0.05) is 6.04 Å². The molecule has 1 aliphatic heterocycles. The second kappa shape index (κ2) is 7.29. The van der Waals surface area contributed by atoms with Crippen LogP contribution >= 0.6 is 0 Å². The van der Waals surface area contributed by atoms with Crippen molar-refractivity contribution in [2.75, 3.05) is 19.6 Å². The molecule has 1 aliphatic rings. The highest BCUT2D eigenvalue weighted by molar-refractivity contribution is 4.74. The lowest BCUT2D eigenvalue weighted by Crippen LogP contribution is -2.40. The molecule has 0 radical (unpaired) electrons. The van der Waals surface area contributed by atoms with Gasteiger partial charge in [-0.05, 0) is 50.7 Å². The summed E-state index contributed by atoms with van der Waals surface area (Å²) in [7, 11) is 0. The molecular weight excluding hydrogens is 196 g/mol. The first-order chi connectivity index (χ1) is 7.58. The standard InChI is InChI=1S/C14H30N2/c1-14(2,3)9-5-4-6-10-16-13-7-11-15-12-8-13/h13,15-16H,4-12H2,1-3H3. The maximum atomic E-state index is 3.68. The monoisotopic (exact) mass is 226 g/mol. The summed E-state index contributed by atoms with van der Waals surface area (Å²) in [6.07, 6.45) is 8.09. The van der Waals surface area contributed by atoms with Gasteiger partial charge in [0.25, 0.3) is 0 Å². The lowest BCUT2D eigenvalue weighted by atomic mass is 9.89. The Balaban J connectivity index is 1.87. The Bertz CT molecular complexity index is 166. The molecule has 1 rings (SSSR count). The molecule has 0 aromatic heterocycles. The van der Waals surface area contributed by atoms with Crippen LogP contribution in [0.15, 0.2) is 0 Å². The molecule has 2 N–H and O–H groups in total. The first-order valence-electron chi connectivity index (χ1n) is 7.02. The highest BCUT2D eigenvalue weighted by Gasteiger charge is 2.11. The van der Waals surface area contributed by atoms with Crippen LogP contribution in [0.4, 0.5) is 0 Å². The van der Waals surface area contributed by atoms with Crippen LogP contribution in [0.2, 0.25) is 0 Å². The number of hydrogen-bond acceptors (Lipinski definition) is 2. The van der Waals surface area contributed by atoms with E-state index < -0.39 is 0 Å². The van der Waals surface area contributed by atoms with Crippen LogP contribution in [-0.2, 0) is 0 Å². The third kappa shape index (κ3) is 7.24. The third-order valence-corrected chi connectivity index (χ3v) is 3.38. The molecule has 2 heteroatoms. The molecular formula is C14H30N2. The maximum absolute atomic E-state index is 3.68. The van der Waals surface area contributed by atoms with E-state index in [4.69, 9.17) is 0 Å². The van der Waals surface area contributed by atoms with Crippen LogP contribution < -0.4 is 10.6 Å². The Morgan fingerprint density at radius 1 is 1.06 bits per heavy atom. The van der Waals surface area contributed by atoms with Gasteiger partial charge in [-0.3, -0.25) is 0 Å². The quantitative estimate of drug-likeness (QED) is 0.681. The number of nitrogens with one attached hydrogen (secondary N) is 2. The summed E-state index contributed by atoms with van der Waals surface area (Å²) in [5.41, 5.74) is 0.516. The Kier molecular flexibility index (Phi) is 6.37. The number of piperidine rings is 1. The lowest BCUT2D eigenvalue weighted by Gasteiger charge is -2.24. The van der Waals surface area contributed by atoms with Crippen molar-refractivity contribution in [3.8, 4) is 0 Å². The fourth-order valence-electron chi connectivity index (χ4n) is 2.29. The van der Waals surface area contributed by atoms with Gasteiger partial charge >= 0.3 is 0 Å². The fraction of sp³-hybridized carbons (Fsp3) is 1.00. The van der Waals surface area contributed by atoms with Gasteiger partial charge in [-0.25, -0.2) is 0 Å². The molecule has 0 atom stereocenters. The smallest absolute Gasteiger partial charge is 0.00912 e. The molecule has 1 saturated heterocycles. The van der Waals surface area contributed by atoms with Crippen LogP contribution in [0.1, 0.15) is 59.3 Å². The Morgan fingerprint density at radius 2 is 1.75 bits per heavy atom. The predicted molar refractivity (Wildman–Crippen MR) is 71.8 cm³/mol. The van der Waals surface area contributed by atoms with Crippen molar-refractivity contribution in [3.05, 3.63) is 0 Å². The largest absolute Gasteiger partial charge is 0.317 e. The molecule has 0 unspecified atom stereocenters. The summed E-state index contributed by atoms with van der Waals surface area (Å²) in [5, 5.41) is 7.08. The highest BCUT2D eigenvalue weighted by atomic mass is 15.0. The molecule has 0 bridgehead atoms. The number of rotatable bonds is 6. The average Bonchev–Trinajstić information content (AvgIpc) is 2.23. The molecule has 0 aromatic rings. The molecule has 0 aliphatic carbocycles. The van der Waals surface area contributed by atoms with Crippen molar-refractivity contribution < 1.29 is 0 Å². The van der Waals surface area contributed by atoms with Gasteiger partial charge in [0.05, 0.1) is 0 Å². The van der Waals surface area contributed by atoms with Crippen molar-refractivity contribution in [1.82, 2.24) is 10.6 Å². The molecule has 1 fully saturated rings. The van der Waals surface area contributed by atoms with Gasteiger partial charge in [-0.2, -0.15) is 0 Å². The summed E-state index contributed by atoms with van der Waals surface area (Å²) in [6, 6.07) is 0.781. The summed E-state index contributed by atoms with van der Waals surface area (Å²) in [4.78, 5) is 0. The van der Waals surface area contributed by atoms with Crippen molar-refractivity contribution in [2.24, 2.45) is 5.41 Å². The molecule has 96 valence electrons. The van der Waals surface area contributed by atoms with E-state index in [9.17, 15) is 0 Å². The molecule has 1 heterocycles. The number of unbranched alkanes of at least 4 members (excludes halogenated alkanes) is 2. The Morgan fingerprint density at radius 3 is 2.38 bits per heavy atom. The normalized spacial score (nSPS) is 18.9. The van der Waals surface area contributed by atoms with Crippen molar-refractivity contribution in [2.45, 2.75) is 65.3 Å². The van der Waals surface area contributed by atoms with E-state index in [1.54, 1.807) is 0 Å². The van der Waals surface area contributed by atoms with Gasteiger partial charge in [-0.15, -0.1) is 0 Å². The van der Waals surface area contributed by atoms with Gasteiger partial charge in [0.1, 0.15) is 0 Å². The topological polar surface area (TPSA) is 24.1 Å². The maximum Gasteiger partial charge on any atom is 0.00912 e. The Labute approximate surface area is 102 Å². The zero-order valence-corrected chi connectivity index (χ0v) is 11.4. The van der Waals surface area contributed by atoms with E-state index in [-0.39, 0.29) is 0 Å². The second-order valence-corrected chi connectivity index (χ2v) is 6.35. The molecule has 0 spiro atoms. The first kappa shape index (κ1) is 14.0. The molecule has 0 amide bonds. The van der Waals surface area contributed by atoms with E-state index in [0.717, 1.165) is 6.04 Å². The van der Waals surface area contributed by atoms with Crippen molar-refractivity contribution >= 4 is 0 Å². The summed E-state index contributed by atoms with van der Waals surface area (Å²) >= 11 is 0. The summed E-state index contributed by atoms with van der Waals surface area (Å²) in [6.45, 7) is 10.6. The van der Waals surface area contributed by atoms with Crippen LogP contribution in [0.3, 0.4) is 0 Å². The average molecular weight is 226 g/mol. The third-order valence-electron chi connectivity index (χ3n) is 3.38. The SMILES string of the molecule is CC(C)(C)CCCCCNC1CCNCC1. The minimum Gasteiger partial charge on any atom is -0.317 e. The van der Waals surface area contributed by atoms with Gasteiger partial charge in [0.2, 0.25) is 0 Å². The molecule has 16 heavy (non-hydrogen) atoms. The fourth-order valence-corrected chi connectivity index (χ4v) is 2.29. The summed E-state index contributed by atoms with van der Waals surface area (Å²) in [5.74, 6) is 0. The predicted octanol–water partition coefficient (Wildman–Crippen LogP) is 2.93. The molecule has 2 nitrogen and oxygen atoms in total. The van der Waals surface area contributed by atoms with Crippen LogP contribution in [-0.4, -0.2) is 25.7 Å². The Hall–Kier alpha value is -0.0800. The minimum atomic E-state index is 0.516. The van der Waals surface area contributed by atoms with E-state index in [0.29, 0.717) is 5.41 Å². The van der Waals surface area contributed by atoms with Crippen LogP contribution in [0.25, 0.3) is 0 Å². The zero-order valence-electron chi connectivity index (χ0n) is 11.4. The van der Waals surface area contributed by atoms with E-state index in [2.05, 4.69) is 31.4 Å². The van der Waals surface area contributed by atoms with Gasteiger partial charge in [-0.1, -0.05) is 33.6 Å². The van der Waals surface area contributed by atoms with E-state index in [1.807, 2.05) is 0 Å². The van der Waals surface area contributed by atoms with Crippen molar-refractivity contribution in [3.63, 3.8) is 0 Å². The first-order valence-corrected chi connectivity index (χ1v) is 7.02. The van der Waals surface area contributed by atoms with Crippen LogP contribution in [0.5, 0.6) is 0 Å². The zero-order chi connectivity index (χ0) is 11.9. The van der Waals surface area contributed by atoms with E-state index >= 15 is 0 Å². The van der Waals surface area contributed by atoms with Gasteiger partial charge in [0.15, 0.2) is 0 Å². The highest BCUT2D eigenvalue weighted by Crippen LogP contribution is 2.21. The van der Waals surface area contributed by atoms with E-state index in [1.165, 1.54) is 58.2 Å². The van der Waals surface area contributed by atoms with Gasteiger partial charge < -0.3 is 10.6 Å². The van der Waals surface area contributed by atoms with Crippen LogP contribution in [0, 0.1) is 5.41 Å². The number of hydrogen-bond donors (Lipinski definition) is 2. The molecule has 0 aromatic carbocycles. The molecule has 0 saturated carbocycles. The second-order valence-electron chi connectivity index (χ2n) is 6.35. The summed E-state index contributed by atoms with van der Waals surface area (Å²) < 4.78 is 0. The van der Waals surface area contributed by atoms with Crippen molar-refractivity contribution in [1.29, 1.82) is 0 Å².